The van der Waals surface area contributed by atoms with Crippen LogP contribution >= 0.6 is 0 Å². The Morgan fingerprint density at radius 3 is 2.38 bits per heavy atom. The van der Waals surface area contributed by atoms with Gasteiger partial charge in [-0.15, -0.1) is 0 Å². The van der Waals surface area contributed by atoms with Crippen molar-refractivity contribution in [2.24, 2.45) is 0 Å². The highest BCUT2D eigenvalue weighted by Gasteiger charge is 2.17. The Hall–Kier alpha value is -5.16. The summed E-state index contributed by atoms with van der Waals surface area (Å²) in [5.74, 6) is 2.87. The molecule has 0 aliphatic rings. The maximum Gasteiger partial charge on any atom is 0.137 e. The van der Waals surface area contributed by atoms with Crippen LogP contribution in [-0.2, 0) is 6.42 Å². The molecule has 7 rings (SSSR count). The summed E-state index contributed by atoms with van der Waals surface area (Å²) in [6.07, 6.45) is 6.70. The number of hydrogen-bond donors (Lipinski definition) is 0. The van der Waals surface area contributed by atoms with Crippen molar-refractivity contribution < 1.29 is 4.74 Å². The number of hydrogen-bond acceptors (Lipinski definition) is 3. The van der Waals surface area contributed by atoms with Crippen LogP contribution in [0.5, 0.6) is 11.5 Å². The van der Waals surface area contributed by atoms with Crippen molar-refractivity contribution in [2.45, 2.75) is 66.2 Å². The van der Waals surface area contributed by atoms with Gasteiger partial charge in [0.15, 0.2) is 0 Å². The maximum absolute atomic E-state index is 6.57. The van der Waals surface area contributed by atoms with Gasteiger partial charge in [-0.05, 0) is 97.8 Å². The lowest BCUT2D eigenvalue weighted by atomic mass is 10.0. The van der Waals surface area contributed by atoms with Gasteiger partial charge in [0.05, 0.1) is 22.4 Å². The fourth-order valence-corrected chi connectivity index (χ4v) is 6.74. The molecule has 3 heterocycles. The summed E-state index contributed by atoms with van der Waals surface area (Å²) < 4.78 is 10.9. The number of fused-ring (bicyclic) bond motifs is 3. The van der Waals surface area contributed by atoms with Crippen LogP contribution in [0.1, 0.15) is 68.5 Å². The Labute approximate surface area is 277 Å². The molecule has 5 nitrogen and oxygen atoms in total. The van der Waals surface area contributed by atoms with E-state index in [0.29, 0.717) is 5.92 Å². The predicted octanol–water partition coefficient (Wildman–Crippen LogP) is 11.3. The number of aromatic nitrogens is 4. The van der Waals surface area contributed by atoms with E-state index in [1.54, 1.807) is 0 Å². The molecule has 0 radical (unpaired) electrons. The fraction of sp³-hybridized carbons (Fsp3) is 0.238. The number of aryl methyl sites for hydroxylation is 2. The molecule has 47 heavy (non-hydrogen) atoms. The first-order chi connectivity index (χ1) is 22.9. The molecule has 0 fully saturated rings. The molecule has 0 spiro atoms. The number of unbranched alkanes of at least 4 members (excludes halogenated alkanes) is 2. The van der Waals surface area contributed by atoms with Crippen molar-refractivity contribution in [3.05, 3.63) is 132 Å². The van der Waals surface area contributed by atoms with Gasteiger partial charge in [0.25, 0.3) is 0 Å². The average molecular weight is 619 g/mol. The van der Waals surface area contributed by atoms with Gasteiger partial charge in [-0.3, -0.25) is 4.57 Å². The molecule has 0 amide bonds. The molecule has 236 valence electrons. The van der Waals surface area contributed by atoms with E-state index in [0.717, 1.165) is 51.8 Å². The molecule has 7 aromatic rings. The first kappa shape index (κ1) is 30.5. The standard InChI is InChI=1S/C42H42N4O/c1-6-7-9-13-31-18-21-39-38(24-31)37-20-19-36(27-40(37)45(39)41-25-33(28(2)3)22-23-43-41)47-35-17-12-16-34(26-35)46-30(5)42(29(4)44-46)32-14-10-8-11-15-32/h8,10-12,14-28H,6-7,9,13H2,1-5H3. The van der Waals surface area contributed by atoms with Gasteiger partial charge in [-0.2, -0.15) is 5.10 Å². The number of pyridine rings is 1. The summed E-state index contributed by atoms with van der Waals surface area (Å²) in [6, 6.07) is 36.3. The smallest absolute Gasteiger partial charge is 0.137 e. The molecule has 5 heteroatoms. The van der Waals surface area contributed by atoms with E-state index in [1.165, 1.54) is 52.3 Å². The van der Waals surface area contributed by atoms with E-state index in [9.17, 15) is 0 Å². The predicted molar refractivity (Wildman–Crippen MR) is 194 cm³/mol. The normalized spacial score (nSPS) is 11.6. The fourth-order valence-electron chi connectivity index (χ4n) is 6.74. The van der Waals surface area contributed by atoms with Crippen LogP contribution in [0.15, 0.2) is 109 Å². The summed E-state index contributed by atoms with van der Waals surface area (Å²) >= 11 is 0. The van der Waals surface area contributed by atoms with Crippen molar-refractivity contribution in [1.29, 1.82) is 0 Å². The van der Waals surface area contributed by atoms with Crippen molar-refractivity contribution in [2.75, 3.05) is 0 Å². The number of rotatable bonds is 10. The van der Waals surface area contributed by atoms with Crippen LogP contribution in [0.2, 0.25) is 0 Å². The Kier molecular flexibility index (Phi) is 8.38. The zero-order valence-electron chi connectivity index (χ0n) is 28.0. The molecule has 0 aliphatic heterocycles. The van der Waals surface area contributed by atoms with Gasteiger partial charge in [0.1, 0.15) is 17.3 Å². The van der Waals surface area contributed by atoms with Crippen LogP contribution in [0.4, 0.5) is 0 Å². The van der Waals surface area contributed by atoms with Crippen molar-refractivity contribution >= 4 is 21.8 Å². The quantitative estimate of drug-likeness (QED) is 0.143. The summed E-state index contributed by atoms with van der Waals surface area (Å²) in [5.41, 5.74) is 10.3. The van der Waals surface area contributed by atoms with E-state index in [2.05, 4.69) is 124 Å². The highest BCUT2D eigenvalue weighted by Crippen LogP contribution is 2.37. The van der Waals surface area contributed by atoms with E-state index in [-0.39, 0.29) is 0 Å². The summed E-state index contributed by atoms with van der Waals surface area (Å²) in [6.45, 7) is 10.9. The van der Waals surface area contributed by atoms with Gasteiger partial charge in [0.2, 0.25) is 0 Å². The molecule has 0 atom stereocenters. The van der Waals surface area contributed by atoms with Crippen LogP contribution in [-0.4, -0.2) is 19.3 Å². The third-order valence-electron chi connectivity index (χ3n) is 9.19. The molecule has 0 N–H and O–H groups in total. The maximum atomic E-state index is 6.57. The van der Waals surface area contributed by atoms with Crippen LogP contribution in [0, 0.1) is 13.8 Å². The number of ether oxygens (including phenoxy) is 1. The van der Waals surface area contributed by atoms with Gasteiger partial charge in [-0.25, -0.2) is 9.67 Å². The lowest BCUT2D eigenvalue weighted by Crippen LogP contribution is -2.00. The lowest BCUT2D eigenvalue weighted by molar-refractivity contribution is 0.482. The largest absolute Gasteiger partial charge is 0.457 e. The highest BCUT2D eigenvalue weighted by atomic mass is 16.5. The molecular formula is C42H42N4O. The van der Waals surface area contributed by atoms with E-state index < -0.39 is 0 Å². The van der Waals surface area contributed by atoms with Crippen molar-refractivity contribution in [3.8, 4) is 34.1 Å². The summed E-state index contributed by atoms with van der Waals surface area (Å²) in [5, 5.41) is 7.36. The third kappa shape index (κ3) is 5.94. The molecule has 3 aromatic heterocycles. The molecule has 0 saturated carbocycles. The zero-order chi connectivity index (χ0) is 32.5. The van der Waals surface area contributed by atoms with Gasteiger partial charge in [-0.1, -0.05) is 76.1 Å². The van der Waals surface area contributed by atoms with Gasteiger partial charge >= 0.3 is 0 Å². The Bertz CT molecular complexity index is 2190. The topological polar surface area (TPSA) is 44.9 Å². The Balaban J connectivity index is 1.29. The second-order valence-corrected chi connectivity index (χ2v) is 12.8. The van der Waals surface area contributed by atoms with Crippen LogP contribution in [0.25, 0.3) is 44.4 Å². The Morgan fingerprint density at radius 2 is 1.57 bits per heavy atom. The Morgan fingerprint density at radius 1 is 0.745 bits per heavy atom. The van der Waals surface area contributed by atoms with E-state index in [4.69, 9.17) is 14.8 Å². The first-order valence-corrected chi connectivity index (χ1v) is 16.8. The number of nitrogens with zero attached hydrogens (tertiary/aromatic N) is 4. The molecule has 0 aliphatic carbocycles. The summed E-state index contributed by atoms with van der Waals surface area (Å²) in [7, 11) is 0. The molecule has 4 aromatic carbocycles. The molecular weight excluding hydrogens is 576 g/mol. The van der Waals surface area contributed by atoms with Crippen LogP contribution in [0.3, 0.4) is 0 Å². The second-order valence-electron chi connectivity index (χ2n) is 12.8. The molecule has 0 bridgehead atoms. The monoisotopic (exact) mass is 618 g/mol. The van der Waals surface area contributed by atoms with Crippen molar-refractivity contribution in [1.82, 2.24) is 19.3 Å². The SMILES string of the molecule is CCCCCc1ccc2c(c1)c1ccc(Oc3cccc(-n4nc(C)c(-c5ccccc5)c4C)c3)cc1n2-c1cc(C(C)C)ccn1. The first-order valence-electron chi connectivity index (χ1n) is 16.8. The lowest BCUT2D eigenvalue weighted by Gasteiger charge is -2.12. The van der Waals surface area contributed by atoms with Gasteiger partial charge in [0, 0.05) is 40.4 Å². The van der Waals surface area contributed by atoms with Crippen LogP contribution < -0.4 is 4.74 Å². The molecule has 0 unspecified atom stereocenters. The van der Waals surface area contributed by atoms with Gasteiger partial charge < -0.3 is 4.74 Å². The average Bonchev–Trinajstić information content (AvgIpc) is 3.57. The number of benzene rings is 4. The third-order valence-corrected chi connectivity index (χ3v) is 9.19. The minimum absolute atomic E-state index is 0.409. The van der Waals surface area contributed by atoms with Crippen molar-refractivity contribution in [3.63, 3.8) is 0 Å². The second kappa shape index (κ2) is 12.9. The highest BCUT2D eigenvalue weighted by molar-refractivity contribution is 6.09. The minimum atomic E-state index is 0.409. The zero-order valence-corrected chi connectivity index (χ0v) is 28.0. The van der Waals surface area contributed by atoms with E-state index >= 15 is 0 Å². The van der Waals surface area contributed by atoms with E-state index in [1.807, 2.05) is 29.1 Å². The minimum Gasteiger partial charge on any atom is -0.457 e. The molecule has 0 saturated heterocycles. The summed E-state index contributed by atoms with van der Waals surface area (Å²) in [4.78, 5) is 4.86.